The average molecular weight is 497 g/mol. The Bertz CT molecular complexity index is 1230. The van der Waals surface area contributed by atoms with Gasteiger partial charge in [0.05, 0.1) is 17.1 Å². The Morgan fingerprint density at radius 3 is 2.31 bits per heavy atom. The number of hydrogen-bond acceptors (Lipinski definition) is 6. The van der Waals surface area contributed by atoms with Crippen LogP contribution in [0, 0.1) is 5.92 Å². The Morgan fingerprint density at radius 2 is 1.69 bits per heavy atom. The zero-order chi connectivity index (χ0) is 24.8. The molecule has 1 fully saturated rings. The van der Waals surface area contributed by atoms with Crippen LogP contribution < -0.4 is 10.5 Å². The highest BCUT2D eigenvalue weighted by molar-refractivity contribution is 7.89. The molecule has 3 aromatic rings. The summed E-state index contributed by atoms with van der Waals surface area (Å²) in [4.78, 5) is 15.3. The fraction of sp³-hybridized carbons (Fsp3) is 0.400. The Labute approximate surface area is 206 Å². The minimum atomic E-state index is -3.67. The molecule has 0 unspecified atom stereocenters. The molecule has 1 saturated heterocycles. The lowest BCUT2D eigenvalue weighted by molar-refractivity contribution is 0.0929. The summed E-state index contributed by atoms with van der Waals surface area (Å²) in [5.74, 6) is 0.239. The number of likely N-dealkylation sites (tertiary alicyclic amines) is 1. The van der Waals surface area contributed by atoms with Gasteiger partial charge in [-0.05, 0) is 61.5 Å². The van der Waals surface area contributed by atoms with Crippen molar-refractivity contribution in [1.82, 2.24) is 25.2 Å². The van der Waals surface area contributed by atoms with Crippen molar-refractivity contribution in [3.63, 3.8) is 0 Å². The summed E-state index contributed by atoms with van der Waals surface area (Å²) in [6.45, 7) is 5.82. The normalized spacial score (nSPS) is 15.3. The van der Waals surface area contributed by atoms with Gasteiger partial charge < -0.3 is 5.32 Å². The van der Waals surface area contributed by atoms with Crippen molar-refractivity contribution in [3.8, 4) is 0 Å². The first-order valence-corrected chi connectivity index (χ1v) is 13.5. The van der Waals surface area contributed by atoms with Crippen molar-refractivity contribution in [2.24, 2.45) is 11.1 Å². The monoisotopic (exact) mass is 496 g/mol. The number of nitrogens with two attached hydrogens (primary N) is 1. The molecular weight excluding hydrogens is 464 g/mol. The van der Waals surface area contributed by atoms with Gasteiger partial charge in [-0.2, -0.15) is 0 Å². The highest BCUT2D eigenvalue weighted by Gasteiger charge is 2.23. The lowest BCUT2D eigenvalue weighted by Crippen LogP contribution is -2.38. The van der Waals surface area contributed by atoms with Gasteiger partial charge in [-0.1, -0.05) is 54.6 Å². The summed E-state index contributed by atoms with van der Waals surface area (Å²) >= 11 is 0. The largest absolute Gasteiger partial charge is 0.350 e. The maximum Gasteiger partial charge on any atom is 0.273 e. The van der Waals surface area contributed by atoms with Crippen LogP contribution in [0.25, 0.3) is 0 Å². The second-order valence-corrected chi connectivity index (χ2v) is 10.6. The van der Waals surface area contributed by atoms with E-state index >= 15 is 0 Å². The molecule has 2 aromatic carbocycles. The number of primary sulfonamides is 1. The molecule has 0 bridgehead atoms. The molecule has 1 aliphatic rings. The molecule has 2 heterocycles. The summed E-state index contributed by atoms with van der Waals surface area (Å²) in [6, 6.07) is 16.7. The van der Waals surface area contributed by atoms with E-state index in [4.69, 9.17) is 5.14 Å². The average Bonchev–Trinajstić information content (AvgIpc) is 3.26. The fourth-order valence-corrected chi connectivity index (χ4v) is 4.97. The number of rotatable bonds is 9. The Balaban J connectivity index is 1.25. The van der Waals surface area contributed by atoms with Gasteiger partial charge in [0.2, 0.25) is 10.0 Å². The predicted molar refractivity (Wildman–Crippen MR) is 133 cm³/mol. The van der Waals surface area contributed by atoms with Crippen molar-refractivity contribution >= 4 is 15.9 Å². The highest BCUT2D eigenvalue weighted by Crippen LogP contribution is 2.19. The van der Waals surface area contributed by atoms with Crippen LogP contribution >= 0.6 is 0 Å². The zero-order valence-corrected chi connectivity index (χ0v) is 20.7. The first kappa shape index (κ1) is 25.0. The van der Waals surface area contributed by atoms with Crippen LogP contribution in [0.3, 0.4) is 0 Å². The molecular formula is C25H32N6O3S. The van der Waals surface area contributed by atoms with Crippen molar-refractivity contribution in [2.45, 2.75) is 44.2 Å². The highest BCUT2D eigenvalue weighted by atomic mass is 32.2. The van der Waals surface area contributed by atoms with E-state index in [-0.39, 0.29) is 10.8 Å². The zero-order valence-electron chi connectivity index (χ0n) is 19.9. The molecule has 186 valence electrons. The topological polar surface area (TPSA) is 123 Å². The van der Waals surface area contributed by atoms with Crippen LogP contribution in [0.15, 0.2) is 59.5 Å². The summed E-state index contributed by atoms with van der Waals surface area (Å²) in [5, 5.41) is 16.6. The predicted octanol–water partition coefficient (Wildman–Crippen LogP) is 2.18. The molecule has 4 rings (SSSR count). The van der Waals surface area contributed by atoms with Gasteiger partial charge in [0.1, 0.15) is 0 Å². The number of carbonyl (C=O) groups excluding carboxylic acids is 1. The lowest BCUT2D eigenvalue weighted by atomic mass is 9.96. The molecule has 0 saturated carbocycles. The van der Waals surface area contributed by atoms with Gasteiger partial charge in [-0.15, -0.1) is 5.10 Å². The fourth-order valence-electron chi connectivity index (χ4n) is 4.45. The smallest absolute Gasteiger partial charge is 0.273 e. The molecule has 1 aliphatic heterocycles. The van der Waals surface area contributed by atoms with Crippen LogP contribution in [0.2, 0.25) is 0 Å². The van der Waals surface area contributed by atoms with E-state index < -0.39 is 10.0 Å². The van der Waals surface area contributed by atoms with Gasteiger partial charge in [0, 0.05) is 13.1 Å². The van der Waals surface area contributed by atoms with Gasteiger partial charge in [0.15, 0.2) is 5.69 Å². The third-order valence-corrected chi connectivity index (χ3v) is 7.41. The molecule has 9 nitrogen and oxygen atoms in total. The van der Waals surface area contributed by atoms with Gasteiger partial charge in [-0.3, -0.25) is 9.69 Å². The second-order valence-electron chi connectivity index (χ2n) is 9.00. The number of aromatic nitrogens is 3. The number of hydrogen-bond donors (Lipinski definition) is 2. The minimum Gasteiger partial charge on any atom is -0.350 e. The molecule has 3 N–H and O–H groups in total. The van der Waals surface area contributed by atoms with E-state index in [0.717, 1.165) is 49.3 Å². The molecule has 0 atom stereocenters. The van der Waals surface area contributed by atoms with Crippen LogP contribution in [-0.4, -0.2) is 53.9 Å². The SMILES string of the molecule is CCc1c(C(=O)NCC2CCN(Cc3ccc(S(N)(=O)=O)cc3)CC2)nnn1Cc1ccccc1. The number of benzene rings is 2. The van der Waals surface area contributed by atoms with Gasteiger partial charge in [0.25, 0.3) is 5.91 Å². The third-order valence-electron chi connectivity index (χ3n) is 6.48. The van der Waals surface area contributed by atoms with E-state index in [0.29, 0.717) is 31.1 Å². The Morgan fingerprint density at radius 1 is 1.03 bits per heavy atom. The summed E-state index contributed by atoms with van der Waals surface area (Å²) in [5.41, 5.74) is 3.42. The number of sulfonamides is 1. The first-order valence-electron chi connectivity index (χ1n) is 11.9. The number of amides is 1. The maximum atomic E-state index is 12.8. The van der Waals surface area contributed by atoms with Crippen molar-refractivity contribution in [3.05, 3.63) is 77.1 Å². The van der Waals surface area contributed by atoms with Crippen LogP contribution in [0.5, 0.6) is 0 Å². The standard InChI is InChI=1S/C25H32N6O3S/c1-2-23-24(28-29-31(23)18-20-6-4-3-5-7-20)25(32)27-16-19-12-14-30(15-13-19)17-21-8-10-22(11-9-21)35(26,33)34/h3-11,19H,2,12-18H2,1H3,(H,27,32)(H2,26,33,34). The second kappa shape index (κ2) is 11.1. The van der Waals surface area contributed by atoms with Crippen molar-refractivity contribution in [2.75, 3.05) is 19.6 Å². The number of nitrogens with one attached hydrogen (secondary N) is 1. The Kier molecular flexibility index (Phi) is 7.94. The van der Waals surface area contributed by atoms with Crippen molar-refractivity contribution in [1.29, 1.82) is 0 Å². The van der Waals surface area contributed by atoms with E-state index in [1.807, 2.05) is 49.4 Å². The maximum absolute atomic E-state index is 12.8. The van der Waals surface area contributed by atoms with Crippen LogP contribution in [0.4, 0.5) is 0 Å². The van der Waals surface area contributed by atoms with Crippen molar-refractivity contribution < 1.29 is 13.2 Å². The van der Waals surface area contributed by atoms with Crippen LogP contribution in [0.1, 0.15) is 47.1 Å². The molecule has 35 heavy (non-hydrogen) atoms. The molecule has 1 amide bonds. The first-order chi connectivity index (χ1) is 16.8. The third kappa shape index (κ3) is 6.53. The van der Waals surface area contributed by atoms with E-state index in [9.17, 15) is 13.2 Å². The summed E-state index contributed by atoms with van der Waals surface area (Å²) in [7, 11) is -3.67. The molecule has 10 heteroatoms. The lowest BCUT2D eigenvalue weighted by Gasteiger charge is -2.32. The summed E-state index contributed by atoms with van der Waals surface area (Å²) < 4.78 is 24.6. The van der Waals surface area contributed by atoms with E-state index in [2.05, 4.69) is 20.5 Å². The minimum absolute atomic E-state index is 0.127. The molecule has 0 aliphatic carbocycles. The van der Waals surface area contributed by atoms with E-state index in [1.165, 1.54) is 0 Å². The van der Waals surface area contributed by atoms with E-state index in [1.54, 1.807) is 16.8 Å². The van der Waals surface area contributed by atoms with Gasteiger partial charge in [-0.25, -0.2) is 18.2 Å². The number of carbonyl (C=O) groups is 1. The molecule has 0 spiro atoms. The van der Waals surface area contributed by atoms with Crippen LogP contribution in [-0.2, 0) is 29.5 Å². The molecule has 1 aromatic heterocycles. The quantitative estimate of drug-likeness (QED) is 0.468. The number of nitrogens with zero attached hydrogens (tertiary/aromatic N) is 4. The van der Waals surface area contributed by atoms with Gasteiger partial charge >= 0.3 is 0 Å². The molecule has 0 radical (unpaired) electrons. The summed E-state index contributed by atoms with van der Waals surface area (Å²) in [6.07, 6.45) is 2.65. The Hall–Kier alpha value is -3.08. The number of piperidine rings is 1.